The van der Waals surface area contributed by atoms with Gasteiger partial charge in [0.15, 0.2) is 0 Å². The molecule has 0 bridgehead atoms. The van der Waals surface area contributed by atoms with Crippen molar-refractivity contribution in [1.82, 2.24) is 0 Å². The molecule has 0 N–H and O–H groups in total. The summed E-state index contributed by atoms with van der Waals surface area (Å²) in [6, 6.07) is 11.5. The van der Waals surface area contributed by atoms with E-state index in [1.807, 2.05) is 0 Å². The van der Waals surface area contributed by atoms with E-state index in [1.165, 1.54) is 12.1 Å². The Hall–Kier alpha value is -2.93. The van der Waals surface area contributed by atoms with Crippen LogP contribution in [0.25, 0.3) is 0 Å². The molecule has 2 aromatic rings. The van der Waals surface area contributed by atoms with Gasteiger partial charge in [0.2, 0.25) is 11.8 Å². The number of carbonyl (C=O) groups excluding carboxylic acids is 2. The molecule has 138 valence electrons. The highest BCUT2D eigenvalue weighted by atomic mass is 35.5. The Morgan fingerprint density at radius 3 is 2.78 bits per heavy atom. The first-order valence-corrected chi connectivity index (χ1v) is 8.96. The number of hydrogen-bond acceptors (Lipinski definition) is 4. The van der Waals surface area contributed by atoms with Gasteiger partial charge in [0, 0.05) is 42.4 Å². The van der Waals surface area contributed by atoms with E-state index in [9.17, 15) is 19.7 Å². The predicted molar refractivity (Wildman–Crippen MR) is 101 cm³/mol. The van der Waals surface area contributed by atoms with Gasteiger partial charge in [-0.1, -0.05) is 23.7 Å². The number of amides is 2. The standard InChI is InChI=1S/C19H16ClN3O4/c20-14-2-1-3-15(9-14)22-11-13(8-18(22)24)19(25)21-7-6-12-4-5-16(23(26)27)10-17(12)21/h1-5,9-10,13H,6-8,11H2. The smallest absolute Gasteiger partial charge is 0.271 e. The fourth-order valence-corrected chi connectivity index (χ4v) is 3.88. The van der Waals surface area contributed by atoms with Gasteiger partial charge in [0.25, 0.3) is 5.69 Å². The lowest BCUT2D eigenvalue weighted by Crippen LogP contribution is -2.36. The molecule has 2 amide bonds. The Morgan fingerprint density at radius 2 is 2.04 bits per heavy atom. The van der Waals surface area contributed by atoms with Crippen molar-refractivity contribution in [3.8, 4) is 0 Å². The maximum Gasteiger partial charge on any atom is 0.271 e. The zero-order valence-corrected chi connectivity index (χ0v) is 15.1. The summed E-state index contributed by atoms with van der Waals surface area (Å²) in [5.74, 6) is -0.789. The van der Waals surface area contributed by atoms with Gasteiger partial charge in [-0.05, 0) is 30.2 Å². The number of benzene rings is 2. The molecule has 0 radical (unpaired) electrons. The molecule has 8 heteroatoms. The Morgan fingerprint density at radius 1 is 1.22 bits per heavy atom. The largest absolute Gasteiger partial charge is 0.312 e. The van der Waals surface area contributed by atoms with Gasteiger partial charge in [-0.15, -0.1) is 0 Å². The van der Waals surface area contributed by atoms with E-state index in [0.29, 0.717) is 29.4 Å². The van der Waals surface area contributed by atoms with Crippen LogP contribution in [0.15, 0.2) is 42.5 Å². The van der Waals surface area contributed by atoms with Gasteiger partial charge in [-0.25, -0.2) is 0 Å². The minimum Gasteiger partial charge on any atom is -0.312 e. The van der Waals surface area contributed by atoms with Gasteiger partial charge >= 0.3 is 0 Å². The molecule has 1 atom stereocenters. The van der Waals surface area contributed by atoms with Crippen molar-refractivity contribution in [3.63, 3.8) is 0 Å². The van der Waals surface area contributed by atoms with E-state index in [1.54, 1.807) is 40.1 Å². The van der Waals surface area contributed by atoms with E-state index in [2.05, 4.69) is 0 Å². The molecule has 7 nitrogen and oxygen atoms in total. The second kappa shape index (κ2) is 6.66. The molecule has 1 unspecified atom stereocenters. The molecular weight excluding hydrogens is 370 g/mol. The van der Waals surface area contributed by atoms with E-state index in [4.69, 9.17) is 11.6 Å². The monoisotopic (exact) mass is 385 g/mol. The topological polar surface area (TPSA) is 83.8 Å². The van der Waals surface area contributed by atoms with Crippen LogP contribution in [-0.4, -0.2) is 29.8 Å². The number of nitro benzene ring substituents is 1. The van der Waals surface area contributed by atoms with Crippen LogP contribution in [0.4, 0.5) is 17.1 Å². The highest BCUT2D eigenvalue weighted by molar-refractivity contribution is 6.31. The molecule has 2 aliphatic rings. The number of hydrogen-bond donors (Lipinski definition) is 0. The third-order valence-corrected chi connectivity index (χ3v) is 5.27. The zero-order chi connectivity index (χ0) is 19.1. The molecule has 1 saturated heterocycles. The Balaban J connectivity index is 1.56. The Bertz CT molecular complexity index is 962. The van der Waals surface area contributed by atoms with Crippen molar-refractivity contribution < 1.29 is 14.5 Å². The van der Waals surface area contributed by atoms with Crippen molar-refractivity contribution in [2.75, 3.05) is 22.9 Å². The zero-order valence-electron chi connectivity index (χ0n) is 14.3. The average Bonchev–Trinajstić information content (AvgIpc) is 3.24. The summed E-state index contributed by atoms with van der Waals surface area (Å²) in [7, 11) is 0. The van der Waals surface area contributed by atoms with E-state index < -0.39 is 10.8 Å². The number of fused-ring (bicyclic) bond motifs is 1. The second-order valence-electron chi connectivity index (χ2n) is 6.70. The van der Waals surface area contributed by atoms with E-state index in [-0.39, 0.29) is 30.5 Å². The molecule has 0 spiro atoms. The van der Waals surface area contributed by atoms with Gasteiger partial charge in [0.05, 0.1) is 16.5 Å². The average molecular weight is 386 g/mol. The normalized spacial score (nSPS) is 18.7. The molecule has 2 aliphatic heterocycles. The molecule has 2 heterocycles. The van der Waals surface area contributed by atoms with Gasteiger partial charge in [-0.3, -0.25) is 19.7 Å². The summed E-state index contributed by atoms with van der Waals surface area (Å²) in [5.41, 5.74) is 2.10. The summed E-state index contributed by atoms with van der Waals surface area (Å²) < 4.78 is 0. The number of rotatable bonds is 3. The first-order chi connectivity index (χ1) is 12.9. The molecule has 0 aromatic heterocycles. The number of nitrogens with zero attached hydrogens (tertiary/aromatic N) is 3. The summed E-state index contributed by atoms with van der Waals surface area (Å²) in [4.78, 5) is 39.2. The Labute approximate surface area is 160 Å². The second-order valence-corrected chi connectivity index (χ2v) is 7.13. The van der Waals surface area contributed by atoms with Crippen LogP contribution >= 0.6 is 11.6 Å². The van der Waals surface area contributed by atoms with Crippen LogP contribution in [0, 0.1) is 16.0 Å². The minimum atomic E-state index is -0.485. The number of anilines is 2. The van der Waals surface area contributed by atoms with Crippen molar-refractivity contribution in [2.24, 2.45) is 5.92 Å². The highest BCUT2D eigenvalue weighted by Crippen LogP contribution is 2.35. The van der Waals surface area contributed by atoms with Crippen molar-refractivity contribution >= 4 is 40.5 Å². The minimum absolute atomic E-state index is 0.0449. The van der Waals surface area contributed by atoms with Crippen molar-refractivity contribution in [2.45, 2.75) is 12.8 Å². The quantitative estimate of drug-likeness (QED) is 0.600. The van der Waals surface area contributed by atoms with Crippen molar-refractivity contribution in [1.29, 1.82) is 0 Å². The number of halogens is 1. The van der Waals surface area contributed by atoms with Crippen molar-refractivity contribution in [3.05, 3.63) is 63.2 Å². The lowest BCUT2D eigenvalue weighted by Gasteiger charge is -2.21. The third-order valence-electron chi connectivity index (χ3n) is 5.04. The maximum atomic E-state index is 13.0. The summed E-state index contributed by atoms with van der Waals surface area (Å²) in [6.45, 7) is 0.746. The van der Waals surface area contributed by atoms with Gasteiger partial charge in [0.1, 0.15) is 0 Å². The first kappa shape index (κ1) is 17.5. The molecule has 1 fully saturated rings. The lowest BCUT2D eigenvalue weighted by atomic mass is 10.1. The Kier molecular flexibility index (Phi) is 4.31. The molecular formula is C19H16ClN3O4. The molecule has 2 aromatic carbocycles. The number of nitro groups is 1. The molecule has 0 saturated carbocycles. The summed E-state index contributed by atoms with van der Waals surface area (Å²) >= 11 is 6.00. The van der Waals surface area contributed by atoms with E-state index in [0.717, 1.165) is 5.56 Å². The molecule has 4 rings (SSSR count). The third kappa shape index (κ3) is 3.14. The van der Waals surface area contributed by atoms with Crippen LogP contribution in [-0.2, 0) is 16.0 Å². The highest BCUT2D eigenvalue weighted by Gasteiger charge is 2.39. The van der Waals surface area contributed by atoms with Gasteiger partial charge in [-0.2, -0.15) is 0 Å². The van der Waals surface area contributed by atoms with Crippen LogP contribution in [0.2, 0.25) is 5.02 Å². The molecule has 0 aliphatic carbocycles. The molecule has 27 heavy (non-hydrogen) atoms. The first-order valence-electron chi connectivity index (χ1n) is 8.58. The SMILES string of the molecule is O=C1CC(C(=O)N2CCc3ccc([N+](=O)[O-])cc32)CN1c1cccc(Cl)c1. The van der Waals surface area contributed by atoms with Crippen LogP contribution in [0.3, 0.4) is 0 Å². The van der Waals surface area contributed by atoms with Crippen LogP contribution < -0.4 is 9.80 Å². The summed E-state index contributed by atoms with van der Waals surface area (Å²) in [5, 5.41) is 11.6. The predicted octanol–water partition coefficient (Wildman–Crippen LogP) is 3.19. The van der Waals surface area contributed by atoms with Gasteiger partial charge < -0.3 is 9.80 Å². The fourth-order valence-electron chi connectivity index (χ4n) is 3.70. The van der Waals surface area contributed by atoms with E-state index >= 15 is 0 Å². The fraction of sp³-hybridized carbons (Fsp3) is 0.263. The van der Waals surface area contributed by atoms with Crippen LogP contribution in [0.5, 0.6) is 0 Å². The number of non-ortho nitro benzene ring substituents is 1. The lowest BCUT2D eigenvalue weighted by molar-refractivity contribution is -0.384. The van der Waals surface area contributed by atoms with Crippen LogP contribution in [0.1, 0.15) is 12.0 Å². The number of carbonyl (C=O) groups is 2. The summed E-state index contributed by atoms with van der Waals surface area (Å²) in [6.07, 6.45) is 0.768. The maximum absolute atomic E-state index is 13.0.